The van der Waals surface area contributed by atoms with E-state index in [1.165, 1.54) is 19.0 Å². The summed E-state index contributed by atoms with van der Waals surface area (Å²) >= 11 is 0. The van der Waals surface area contributed by atoms with Crippen LogP contribution in [-0.2, 0) is 29.4 Å². The molecule has 0 aromatic heterocycles. The van der Waals surface area contributed by atoms with Gasteiger partial charge in [0.15, 0.2) is 0 Å². The first-order chi connectivity index (χ1) is 16.4. The highest BCUT2D eigenvalue weighted by atomic mass is 32.2. The van der Waals surface area contributed by atoms with E-state index in [9.17, 15) is 27.6 Å². The fourth-order valence-corrected chi connectivity index (χ4v) is 6.45. The lowest BCUT2D eigenvalue weighted by atomic mass is 9.86. The van der Waals surface area contributed by atoms with E-state index < -0.39 is 57.4 Å². The molecule has 204 valence electrons. The molecule has 4 amide bonds. The van der Waals surface area contributed by atoms with Gasteiger partial charge in [-0.1, -0.05) is 34.6 Å². The van der Waals surface area contributed by atoms with E-state index in [1.807, 2.05) is 13.8 Å². The van der Waals surface area contributed by atoms with Gasteiger partial charge in [-0.05, 0) is 35.5 Å². The molecule has 6 atom stereocenters. The van der Waals surface area contributed by atoms with Crippen LogP contribution in [0.1, 0.15) is 47.5 Å². The van der Waals surface area contributed by atoms with Gasteiger partial charge < -0.3 is 21.3 Å². The SMILES string of the molecule is CN(C)S(=O)(=O)NC(C(=O)N1C[C@H]2[C@@H]([C@H]1C(=O)NC(C[C@@H]1CCNC1=O)C(N)=O)C2(C)C)C(C)(C)C. The maximum atomic E-state index is 13.8. The summed E-state index contributed by atoms with van der Waals surface area (Å²) in [6, 6.07) is -3.06. The predicted molar refractivity (Wildman–Crippen MR) is 132 cm³/mol. The molecule has 0 bridgehead atoms. The first kappa shape index (κ1) is 28.3. The first-order valence-corrected chi connectivity index (χ1v) is 13.7. The molecular weight excluding hydrogens is 488 g/mol. The molecule has 2 heterocycles. The minimum absolute atomic E-state index is 0.0657. The summed E-state index contributed by atoms with van der Waals surface area (Å²) in [7, 11) is -1.20. The molecule has 3 rings (SSSR count). The third-order valence-corrected chi connectivity index (χ3v) is 9.46. The number of likely N-dealkylation sites (tertiary alicyclic amines) is 1. The van der Waals surface area contributed by atoms with Crippen LogP contribution in [0.2, 0.25) is 0 Å². The molecule has 36 heavy (non-hydrogen) atoms. The molecular formula is C23H40N6O6S. The summed E-state index contributed by atoms with van der Waals surface area (Å²) in [5.41, 5.74) is 4.59. The highest BCUT2D eigenvalue weighted by Gasteiger charge is 2.70. The molecule has 3 aliphatic rings. The lowest BCUT2D eigenvalue weighted by Crippen LogP contribution is -2.61. The molecule has 13 heteroatoms. The zero-order valence-corrected chi connectivity index (χ0v) is 22.9. The van der Waals surface area contributed by atoms with Gasteiger partial charge in [0.2, 0.25) is 23.6 Å². The summed E-state index contributed by atoms with van der Waals surface area (Å²) < 4.78 is 28.7. The zero-order chi connectivity index (χ0) is 27.4. The number of fused-ring (bicyclic) bond motifs is 1. The first-order valence-electron chi connectivity index (χ1n) is 12.3. The molecule has 3 fully saturated rings. The fraction of sp³-hybridized carbons (Fsp3) is 0.826. The Hall–Kier alpha value is -2.25. The van der Waals surface area contributed by atoms with E-state index in [2.05, 4.69) is 15.4 Å². The second kappa shape index (κ2) is 9.56. The van der Waals surface area contributed by atoms with E-state index in [4.69, 9.17) is 5.73 Å². The van der Waals surface area contributed by atoms with Crippen LogP contribution in [0.5, 0.6) is 0 Å². The molecule has 5 N–H and O–H groups in total. The summed E-state index contributed by atoms with van der Waals surface area (Å²) in [6.45, 7) is 10.1. The van der Waals surface area contributed by atoms with Gasteiger partial charge in [0, 0.05) is 33.1 Å². The fourth-order valence-electron chi connectivity index (χ4n) is 5.49. The number of hydrogen-bond donors (Lipinski definition) is 4. The Bertz CT molecular complexity index is 1040. The van der Waals surface area contributed by atoms with Crippen LogP contribution in [0.25, 0.3) is 0 Å². The van der Waals surface area contributed by atoms with Gasteiger partial charge in [0.05, 0.1) is 0 Å². The van der Waals surface area contributed by atoms with Crippen molar-refractivity contribution < 1.29 is 27.6 Å². The number of primary amides is 1. The molecule has 0 radical (unpaired) electrons. The average Bonchev–Trinajstić information content (AvgIpc) is 3.09. The third-order valence-electron chi connectivity index (χ3n) is 7.96. The quantitative estimate of drug-likeness (QED) is 0.292. The van der Waals surface area contributed by atoms with Gasteiger partial charge in [0.1, 0.15) is 18.1 Å². The number of carbonyl (C=O) groups excluding carboxylic acids is 4. The zero-order valence-electron chi connectivity index (χ0n) is 22.1. The van der Waals surface area contributed by atoms with E-state index >= 15 is 0 Å². The van der Waals surface area contributed by atoms with E-state index in [0.717, 1.165) is 4.31 Å². The second-order valence-electron chi connectivity index (χ2n) is 12.1. The maximum absolute atomic E-state index is 13.8. The Morgan fingerprint density at radius 1 is 1.25 bits per heavy atom. The number of nitrogens with one attached hydrogen (secondary N) is 3. The summed E-state index contributed by atoms with van der Waals surface area (Å²) in [6.07, 6.45) is 0.627. The van der Waals surface area contributed by atoms with Crippen molar-refractivity contribution in [2.45, 2.75) is 65.6 Å². The lowest BCUT2D eigenvalue weighted by Gasteiger charge is -2.38. The van der Waals surface area contributed by atoms with E-state index in [0.29, 0.717) is 19.5 Å². The normalized spacial score (nSPS) is 28.9. The molecule has 12 nitrogen and oxygen atoms in total. The Labute approximate surface area is 213 Å². The van der Waals surface area contributed by atoms with E-state index in [1.54, 1.807) is 20.8 Å². The minimum atomic E-state index is -3.93. The summed E-state index contributed by atoms with van der Waals surface area (Å²) in [4.78, 5) is 52.9. The van der Waals surface area contributed by atoms with Crippen molar-refractivity contribution in [1.29, 1.82) is 0 Å². The molecule has 1 saturated carbocycles. The number of amides is 4. The molecule has 0 spiro atoms. The van der Waals surface area contributed by atoms with Crippen molar-refractivity contribution in [1.82, 2.24) is 24.6 Å². The number of rotatable bonds is 9. The van der Waals surface area contributed by atoms with Gasteiger partial charge in [-0.25, -0.2) is 0 Å². The molecule has 2 saturated heterocycles. The number of hydrogen-bond acceptors (Lipinski definition) is 6. The Morgan fingerprint density at radius 2 is 1.86 bits per heavy atom. The van der Waals surface area contributed by atoms with Gasteiger partial charge in [-0.15, -0.1) is 0 Å². The lowest BCUT2D eigenvalue weighted by molar-refractivity contribution is -0.144. The average molecular weight is 529 g/mol. The van der Waals surface area contributed by atoms with Gasteiger partial charge in [-0.3, -0.25) is 19.2 Å². The van der Waals surface area contributed by atoms with Crippen LogP contribution in [0.3, 0.4) is 0 Å². The highest BCUT2D eigenvalue weighted by Crippen LogP contribution is 2.65. The van der Waals surface area contributed by atoms with E-state index in [-0.39, 0.29) is 29.6 Å². The molecule has 0 aromatic carbocycles. The molecule has 0 aromatic rings. The van der Waals surface area contributed by atoms with Crippen LogP contribution in [0, 0.1) is 28.6 Å². The molecule has 1 aliphatic carbocycles. The Balaban J connectivity index is 1.85. The van der Waals surface area contributed by atoms with Gasteiger partial charge >= 0.3 is 0 Å². The van der Waals surface area contributed by atoms with Crippen molar-refractivity contribution >= 4 is 33.8 Å². The van der Waals surface area contributed by atoms with Crippen LogP contribution in [0.4, 0.5) is 0 Å². The van der Waals surface area contributed by atoms with Crippen LogP contribution >= 0.6 is 0 Å². The van der Waals surface area contributed by atoms with Crippen LogP contribution < -0.4 is 21.1 Å². The monoisotopic (exact) mass is 528 g/mol. The van der Waals surface area contributed by atoms with Crippen LogP contribution in [0.15, 0.2) is 0 Å². The number of piperidine rings is 1. The highest BCUT2D eigenvalue weighted by molar-refractivity contribution is 7.87. The number of carbonyl (C=O) groups is 4. The van der Waals surface area contributed by atoms with Crippen LogP contribution in [-0.4, -0.2) is 86.6 Å². The van der Waals surface area contributed by atoms with Crippen molar-refractivity contribution in [3.63, 3.8) is 0 Å². The van der Waals surface area contributed by atoms with Gasteiger partial charge in [0.25, 0.3) is 10.2 Å². The summed E-state index contributed by atoms with van der Waals surface area (Å²) in [5, 5.41) is 5.40. The number of nitrogens with two attached hydrogens (primary N) is 1. The summed E-state index contributed by atoms with van der Waals surface area (Å²) in [5.74, 6) is -2.46. The van der Waals surface area contributed by atoms with Gasteiger partial charge in [-0.2, -0.15) is 17.4 Å². The second-order valence-corrected chi connectivity index (χ2v) is 14.0. The minimum Gasteiger partial charge on any atom is -0.368 e. The Kier molecular flexibility index (Phi) is 7.53. The third kappa shape index (κ3) is 5.37. The topological polar surface area (TPSA) is 171 Å². The maximum Gasteiger partial charge on any atom is 0.279 e. The predicted octanol–water partition coefficient (Wildman–Crippen LogP) is -1.22. The number of nitrogens with zero attached hydrogens (tertiary/aromatic N) is 2. The molecule has 2 aliphatic heterocycles. The van der Waals surface area contributed by atoms with Crippen molar-refractivity contribution in [3.8, 4) is 0 Å². The largest absolute Gasteiger partial charge is 0.368 e. The van der Waals surface area contributed by atoms with Crippen molar-refractivity contribution in [2.75, 3.05) is 27.2 Å². The van der Waals surface area contributed by atoms with Crippen molar-refractivity contribution in [3.05, 3.63) is 0 Å². The molecule has 2 unspecified atom stereocenters. The Morgan fingerprint density at radius 3 is 2.33 bits per heavy atom. The standard InChI is InChI=1S/C23H40N6O6S/c1-22(2,3)17(27-36(34,35)28(6)7)21(33)29-11-13-15(23(13,4)5)16(29)20(32)26-14(18(24)30)10-12-8-9-25-19(12)31/h12-17,27H,8-11H2,1-7H3,(H2,24,30)(H,25,31)(H,26,32)/t12-,13-,14?,15-,16-,17?/m0/s1. The smallest absolute Gasteiger partial charge is 0.279 e. The van der Waals surface area contributed by atoms with Crippen molar-refractivity contribution in [2.24, 2.45) is 34.3 Å².